The highest BCUT2D eigenvalue weighted by Crippen LogP contribution is 2.36. The molecule has 1 amide bonds. The third-order valence-corrected chi connectivity index (χ3v) is 4.85. The number of hydrogen-bond donors (Lipinski definition) is 2. The number of furan rings is 1. The summed E-state index contributed by atoms with van der Waals surface area (Å²) in [5, 5.41) is 5.11. The summed E-state index contributed by atoms with van der Waals surface area (Å²) in [5.41, 5.74) is 1.69. The SMILES string of the molecule is COc1cc2c(cc1NC(=O)CSc1nccc(=O)[nH]1)oc1ccccc12. The number of nitrogens with one attached hydrogen (secondary N) is 2. The molecule has 0 saturated carbocycles. The number of anilines is 1. The standard InChI is InChI=1S/C19H15N3O4S/c1-25-16-8-12-11-4-2-3-5-14(11)26-15(12)9-13(16)21-18(24)10-27-19-20-7-6-17(23)22-19/h2-9H,10H2,1H3,(H,21,24)(H,20,22,23). The number of carbonyl (C=O) groups excluding carboxylic acids is 1. The second-order valence-corrected chi connectivity index (χ2v) is 6.69. The summed E-state index contributed by atoms with van der Waals surface area (Å²) in [6.07, 6.45) is 1.40. The van der Waals surface area contributed by atoms with E-state index in [1.165, 1.54) is 12.3 Å². The highest BCUT2D eigenvalue weighted by Gasteiger charge is 2.14. The molecule has 0 aliphatic carbocycles. The number of nitrogens with zero attached hydrogens (tertiary/aromatic N) is 1. The van der Waals surface area contributed by atoms with Crippen molar-refractivity contribution < 1.29 is 13.9 Å². The van der Waals surface area contributed by atoms with Crippen LogP contribution in [0.3, 0.4) is 0 Å². The third kappa shape index (κ3) is 3.52. The number of hydrogen-bond acceptors (Lipinski definition) is 6. The number of H-pyrrole nitrogens is 1. The van der Waals surface area contributed by atoms with Crippen molar-refractivity contribution in [3.63, 3.8) is 0 Å². The molecule has 136 valence electrons. The van der Waals surface area contributed by atoms with E-state index in [1.807, 2.05) is 30.3 Å². The number of fused-ring (bicyclic) bond motifs is 3. The predicted molar refractivity (Wildman–Crippen MR) is 104 cm³/mol. The van der Waals surface area contributed by atoms with Crippen molar-refractivity contribution in [3.8, 4) is 5.75 Å². The maximum absolute atomic E-state index is 12.3. The molecule has 4 aromatic rings. The maximum Gasteiger partial charge on any atom is 0.251 e. The van der Waals surface area contributed by atoms with E-state index in [1.54, 1.807) is 13.2 Å². The summed E-state index contributed by atoms with van der Waals surface area (Å²) in [7, 11) is 1.55. The number of amides is 1. The molecule has 27 heavy (non-hydrogen) atoms. The van der Waals surface area contributed by atoms with Crippen molar-refractivity contribution in [2.24, 2.45) is 0 Å². The second kappa shape index (κ2) is 7.16. The van der Waals surface area contributed by atoms with Crippen LogP contribution in [-0.2, 0) is 4.79 Å². The van der Waals surface area contributed by atoms with E-state index in [4.69, 9.17) is 9.15 Å². The number of rotatable bonds is 5. The lowest BCUT2D eigenvalue weighted by Crippen LogP contribution is -2.15. The van der Waals surface area contributed by atoms with E-state index in [0.29, 0.717) is 22.2 Å². The van der Waals surface area contributed by atoms with Gasteiger partial charge in [-0.1, -0.05) is 30.0 Å². The number of benzene rings is 2. The molecule has 0 aliphatic rings. The van der Waals surface area contributed by atoms with Gasteiger partial charge < -0.3 is 19.5 Å². The molecule has 0 radical (unpaired) electrons. The number of para-hydroxylation sites is 1. The molecule has 2 heterocycles. The number of carbonyl (C=O) groups is 1. The van der Waals surface area contributed by atoms with Gasteiger partial charge in [0.05, 0.1) is 18.6 Å². The van der Waals surface area contributed by atoms with Gasteiger partial charge in [-0.2, -0.15) is 0 Å². The van der Waals surface area contributed by atoms with Crippen LogP contribution in [0.15, 0.2) is 63.0 Å². The zero-order valence-corrected chi connectivity index (χ0v) is 15.1. The number of ether oxygens (including phenoxy) is 1. The first-order valence-electron chi connectivity index (χ1n) is 8.11. The van der Waals surface area contributed by atoms with Crippen molar-refractivity contribution in [2.45, 2.75) is 5.16 Å². The van der Waals surface area contributed by atoms with Crippen molar-refractivity contribution in [1.29, 1.82) is 0 Å². The molecule has 2 N–H and O–H groups in total. The Labute approximate surface area is 157 Å². The summed E-state index contributed by atoms with van der Waals surface area (Å²) in [6, 6.07) is 12.6. The minimum atomic E-state index is -0.259. The molecule has 8 heteroatoms. The Balaban J connectivity index is 1.57. The van der Waals surface area contributed by atoms with Crippen LogP contribution in [0, 0.1) is 0 Å². The molecule has 0 bridgehead atoms. The van der Waals surface area contributed by atoms with Crippen LogP contribution in [0.25, 0.3) is 21.9 Å². The van der Waals surface area contributed by atoms with Gasteiger partial charge in [-0.15, -0.1) is 0 Å². The average Bonchev–Trinajstić information content (AvgIpc) is 3.03. The summed E-state index contributed by atoms with van der Waals surface area (Å²) in [6.45, 7) is 0. The Bertz CT molecular complexity index is 1200. The minimum Gasteiger partial charge on any atom is -0.495 e. The first-order chi connectivity index (χ1) is 13.1. The largest absolute Gasteiger partial charge is 0.495 e. The summed E-state index contributed by atoms with van der Waals surface area (Å²) in [4.78, 5) is 30.2. The molecule has 0 fully saturated rings. The predicted octanol–water partition coefficient (Wildman–Crippen LogP) is 3.41. The van der Waals surface area contributed by atoms with Crippen molar-refractivity contribution in [1.82, 2.24) is 9.97 Å². The smallest absolute Gasteiger partial charge is 0.251 e. The van der Waals surface area contributed by atoms with Gasteiger partial charge in [0.1, 0.15) is 16.9 Å². The topological polar surface area (TPSA) is 97.2 Å². The van der Waals surface area contributed by atoms with Crippen molar-refractivity contribution in [3.05, 3.63) is 59.0 Å². The number of methoxy groups -OCH3 is 1. The Morgan fingerprint density at radius 3 is 2.89 bits per heavy atom. The lowest BCUT2D eigenvalue weighted by Gasteiger charge is -2.10. The molecule has 4 rings (SSSR count). The van der Waals surface area contributed by atoms with Crippen molar-refractivity contribution >= 4 is 45.3 Å². The van der Waals surface area contributed by atoms with E-state index in [0.717, 1.165) is 28.1 Å². The zero-order chi connectivity index (χ0) is 18.8. The fourth-order valence-corrected chi connectivity index (χ4v) is 3.41. The van der Waals surface area contributed by atoms with Crippen LogP contribution in [0.4, 0.5) is 5.69 Å². The summed E-state index contributed by atoms with van der Waals surface area (Å²) >= 11 is 1.14. The molecular formula is C19H15N3O4S. The normalized spacial score (nSPS) is 11.0. The Morgan fingerprint density at radius 2 is 2.07 bits per heavy atom. The Hall–Kier alpha value is -3.26. The molecular weight excluding hydrogens is 366 g/mol. The van der Waals surface area contributed by atoms with Crippen molar-refractivity contribution in [2.75, 3.05) is 18.2 Å². The van der Waals surface area contributed by atoms with Gasteiger partial charge in [0, 0.05) is 29.1 Å². The highest BCUT2D eigenvalue weighted by atomic mass is 32.2. The van der Waals surface area contributed by atoms with E-state index >= 15 is 0 Å². The highest BCUT2D eigenvalue weighted by molar-refractivity contribution is 7.99. The van der Waals surface area contributed by atoms with Crippen LogP contribution in [0.5, 0.6) is 5.75 Å². The third-order valence-electron chi connectivity index (χ3n) is 3.96. The minimum absolute atomic E-state index is 0.0915. The van der Waals surface area contributed by atoms with Crippen LogP contribution in [-0.4, -0.2) is 28.7 Å². The van der Waals surface area contributed by atoms with Gasteiger partial charge in [-0.25, -0.2) is 4.98 Å². The molecule has 0 atom stereocenters. The van der Waals surface area contributed by atoms with Crippen LogP contribution >= 0.6 is 11.8 Å². The van der Waals surface area contributed by atoms with Gasteiger partial charge in [0.15, 0.2) is 5.16 Å². The fourth-order valence-electron chi connectivity index (χ4n) is 2.76. The molecule has 0 saturated heterocycles. The van der Waals surface area contributed by atoms with Crippen LogP contribution in [0.2, 0.25) is 0 Å². The molecule has 0 aliphatic heterocycles. The lowest BCUT2D eigenvalue weighted by molar-refractivity contribution is -0.113. The molecule has 0 unspecified atom stereocenters. The van der Waals surface area contributed by atoms with E-state index in [9.17, 15) is 9.59 Å². The zero-order valence-electron chi connectivity index (χ0n) is 14.3. The van der Waals surface area contributed by atoms with Crippen LogP contribution in [0.1, 0.15) is 0 Å². The average molecular weight is 381 g/mol. The lowest BCUT2D eigenvalue weighted by atomic mass is 10.1. The number of aromatic amines is 1. The molecule has 2 aromatic heterocycles. The van der Waals surface area contributed by atoms with E-state index in [2.05, 4.69) is 15.3 Å². The summed E-state index contributed by atoms with van der Waals surface area (Å²) < 4.78 is 11.3. The van der Waals surface area contributed by atoms with Gasteiger partial charge >= 0.3 is 0 Å². The van der Waals surface area contributed by atoms with Gasteiger partial charge in [0.2, 0.25) is 5.91 Å². The van der Waals surface area contributed by atoms with Crippen LogP contribution < -0.4 is 15.6 Å². The molecule has 7 nitrogen and oxygen atoms in total. The maximum atomic E-state index is 12.3. The first kappa shape index (κ1) is 17.2. The quantitative estimate of drug-likeness (QED) is 0.406. The second-order valence-electron chi connectivity index (χ2n) is 5.72. The first-order valence-corrected chi connectivity index (χ1v) is 9.10. The van der Waals surface area contributed by atoms with Gasteiger partial charge in [-0.05, 0) is 12.1 Å². The number of thioether (sulfide) groups is 1. The summed E-state index contributed by atoms with van der Waals surface area (Å²) in [5.74, 6) is 0.382. The van der Waals surface area contributed by atoms with Gasteiger partial charge in [0.25, 0.3) is 5.56 Å². The van der Waals surface area contributed by atoms with E-state index < -0.39 is 0 Å². The molecule has 2 aromatic carbocycles. The molecule has 0 spiro atoms. The van der Waals surface area contributed by atoms with E-state index in [-0.39, 0.29) is 17.2 Å². The number of aromatic nitrogens is 2. The Morgan fingerprint density at radius 1 is 1.22 bits per heavy atom. The van der Waals surface area contributed by atoms with Gasteiger partial charge in [-0.3, -0.25) is 9.59 Å². The monoisotopic (exact) mass is 381 g/mol. The Kier molecular flexibility index (Phi) is 4.55. The fraction of sp³-hybridized carbons (Fsp3) is 0.105.